The highest BCUT2D eigenvalue weighted by Gasteiger charge is 2.30. The first-order valence-corrected chi connectivity index (χ1v) is 7.05. The van der Waals surface area contributed by atoms with E-state index in [4.69, 9.17) is 4.74 Å². The van der Waals surface area contributed by atoms with Gasteiger partial charge in [-0.05, 0) is 55.6 Å². The van der Waals surface area contributed by atoms with Crippen LogP contribution < -0.4 is 4.74 Å². The lowest BCUT2D eigenvalue weighted by Gasteiger charge is -2.34. The summed E-state index contributed by atoms with van der Waals surface area (Å²) in [6, 6.07) is 3.24. The summed E-state index contributed by atoms with van der Waals surface area (Å²) in [7, 11) is 0. The lowest BCUT2D eigenvalue weighted by Crippen LogP contribution is -2.21. The van der Waals surface area contributed by atoms with Gasteiger partial charge in [-0.1, -0.05) is 19.9 Å². The minimum Gasteiger partial charge on any atom is -0.491 e. The van der Waals surface area contributed by atoms with Gasteiger partial charge in [-0.25, -0.2) is 4.39 Å². The van der Waals surface area contributed by atoms with Gasteiger partial charge in [0.2, 0.25) is 5.82 Å². The van der Waals surface area contributed by atoms with Gasteiger partial charge in [0.05, 0.1) is 6.61 Å². The molecule has 0 radical (unpaired) electrons. The van der Waals surface area contributed by atoms with E-state index in [1.54, 1.807) is 19.1 Å². The Morgan fingerprint density at radius 1 is 1.16 bits per heavy atom. The highest BCUT2D eigenvalue weighted by molar-refractivity contribution is 5.33. The Labute approximate surface area is 114 Å². The van der Waals surface area contributed by atoms with Gasteiger partial charge < -0.3 is 4.74 Å². The molecular weight excluding hydrogens is 246 g/mol. The maximum atomic E-state index is 14.1. The maximum Gasteiger partial charge on any atom is 0.200 e. The fourth-order valence-electron chi connectivity index (χ4n) is 2.84. The number of hydrogen-bond acceptors (Lipinski definition) is 1. The largest absolute Gasteiger partial charge is 0.491 e. The quantitative estimate of drug-likeness (QED) is 0.745. The minimum atomic E-state index is -0.843. The molecule has 3 heteroatoms. The van der Waals surface area contributed by atoms with Crippen LogP contribution >= 0.6 is 0 Å². The fourth-order valence-corrected chi connectivity index (χ4v) is 2.84. The van der Waals surface area contributed by atoms with E-state index >= 15 is 0 Å². The van der Waals surface area contributed by atoms with Crippen LogP contribution in [-0.2, 0) is 0 Å². The Balaban J connectivity index is 2.20. The molecule has 0 heterocycles. The van der Waals surface area contributed by atoms with Crippen molar-refractivity contribution in [1.29, 1.82) is 0 Å². The average Bonchev–Trinajstić information content (AvgIpc) is 2.36. The van der Waals surface area contributed by atoms with Crippen LogP contribution in [0.15, 0.2) is 12.1 Å². The first-order chi connectivity index (χ1) is 8.94. The van der Waals surface area contributed by atoms with Gasteiger partial charge in [-0.15, -0.1) is 0 Å². The molecule has 19 heavy (non-hydrogen) atoms. The topological polar surface area (TPSA) is 9.23 Å². The SMILES string of the molecule is CCOc1ccc(C2CCC(C)(C)CC2)c(F)c1F. The predicted octanol–water partition coefficient (Wildman–Crippen LogP) is 5.05. The van der Waals surface area contributed by atoms with E-state index in [2.05, 4.69) is 13.8 Å². The number of ether oxygens (including phenoxy) is 1. The molecule has 0 aromatic heterocycles. The molecule has 2 rings (SSSR count). The first kappa shape index (κ1) is 14.3. The summed E-state index contributed by atoms with van der Waals surface area (Å²) in [6.07, 6.45) is 3.98. The molecule has 0 bridgehead atoms. The summed E-state index contributed by atoms with van der Waals surface area (Å²) in [4.78, 5) is 0. The molecule has 1 aliphatic rings. The molecule has 0 spiro atoms. The number of rotatable bonds is 3. The Hall–Kier alpha value is -1.12. The Kier molecular flexibility index (Phi) is 4.12. The molecule has 1 aliphatic carbocycles. The van der Waals surface area contributed by atoms with Gasteiger partial charge >= 0.3 is 0 Å². The molecule has 0 atom stereocenters. The zero-order valence-electron chi connectivity index (χ0n) is 11.9. The van der Waals surface area contributed by atoms with Crippen LogP contribution in [-0.4, -0.2) is 6.61 Å². The van der Waals surface area contributed by atoms with Gasteiger partial charge in [0.1, 0.15) is 0 Å². The normalized spacial score (nSPS) is 19.4. The van der Waals surface area contributed by atoms with Crippen LogP contribution in [0.1, 0.15) is 57.9 Å². The zero-order chi connectivity index (χ0) is 14.0. The molecule has 106 valence electrons. The summed E-state index contributed by atoms with van der Waals surface area (Å²) < 4.78 is 33.0. The van der Waals surface area contributed by atoms with Crippen molar-refractivity contribution in [1.82, 2.24) is 0 Å². The van der Waals surface area contributed by atoms with Crippen LogP contribution in [0.4, 0.5) is 8.78 Å². The second-order valence-corrected chi connectivity index (χ2v) is 6.15. The number of halogens is 2. The molecular formula is C16H22F2O. The van der Waals surface area contributed by atoms with Crippen molar-refractivity contribution in [2.75, 3.05) is 6.61 Å². The molecule has 0 N–H and O–H groups in total. The standard InChI is InChI=1S/C16H22F2O/c1-4-19-13-6-5-12(14(17)15(13)18)11-7-9-16(2,3)10-8-11/h5-6,11H,4,7-10H2,1-3H3. The van der Waals surface area contributed by atoms with E-state index in [-0.39, 0.29) is 11.7 Å². The summed E-state index contributed by atoms with van der Waals surface area (Å²) in [6.45, 7) is 6.57. The van der Waals surface area contributed by atoms with Crippen LogP contribution in [0.2, 0.25) is 0 Å². The van der Waals surface area contributed by atoms with Gasteiger partial charge in [0, 0.05) is 0 Å². The molecule has 0 saturated heterocycles. The molecule has 0 unspecified atom stereocenters. The molecule has 0 aliphatic heterocycles. The summed E-state index contributed by atoms with van der Waals surface area (Å²) in [5.74, 6) is -1.42. The van der Waals surface area contributed by atoms with E-state index in [9.17, 15) is 8.78 Å². The minimum absolute atomic E-state index is 0.0138. The maximum absolute atomic E-state index is 14.1. The van der Waals surface area contributed by atoms with Crippen LogP contribution in [0, 0.1) is 17.0 Å². The lowest BCUT2D eigenvalue weighted by atomic mass is 9.71. The van der Waals surface area contributed by atoms with Crippen molar-refractivity contribution in [3.05, 3.63) is 29.3 Å². The fraction of sp³-hybridized carbons (Fsp3) is 0.625. The van der Waals surface area contributed by atoms with E-state index in [1.165, 1.54) is 0 Å². The number of benzene rings is 1. The van der Waals surface area contributed by atoms with Crippen molar-refractivity contribution >= 4 is 0 Å². The van der Waals surface area contributed by atoms with Gasteiger partial charge in [0.25, 0.3) is 0 Å². The first-order valence-electron chi connectivity index (χ1n) is 7.05. The third kappa shape index (κ3) is 3.07. The Morgan fingerprint density at radius 3 is 2.37 bits per heavy atom. The Bertz CT molecular complexity index is 444. The van der Waals surface area contributed by atoms with Crippen LogP contribution in [0.25, 0.3) is 0 Å². The monoisotopic (exact) mass is 268 g/mol. The molecule has 1 nitrogen and oxygen atoms in total. The smallest absolute Gasteiger partial charge is 0.200 e. The van der Waals surface area contributed by atoms with E-state index in [1.807, 2.05) is 0 Å². The number of hydrogen-bond donors (Lipinski definition) is 0. The molecule has 1 saturated carbocycles. The van der Waals surface area contributed by atoms with Crippen molar-refractivity contribution < 1.29 is 13.5 Å². The third-order valence-electron chi connectivity index (χ3n) is 4.16. The van der Waals surface area contributed by atoms with E-state index < -0.39 is 11.6 Å². The van der Waals surface area contributed by atoms with Gasteiger partial charge in [0.15, 0.2) is 11.6 Å². The van der Waals surface area contributed by atoms with E-state index in [0.29, 0.717) is 17.6 Å². The summed E-state index contributed by atoms with van der Waals surface area (Å²) in [5, 5.41) is 0. The second-order valence-electron chi connectivity index (χ2n) is 6.15. The summed E-state index contributed by atoms with van der Waals surface area (Å²) in [5.41, 5.74) is 0.841. The van der Waals surface area contributed by atoms with Gasteiger partial charge in [-0.3, -0.25) is 0 Å². The van der Waals surface area contributed by atoms with Crippen molar-refractivity contribution in [3.8, 4) is 5.75 Å². The van der Waals surface area contributed by atoms with Crippen molar-refractivity contribution in [3.63, 3.8) is 0 Å². The average molecular weight is 268 g/mol. The summed E-state index contributed by atoms with van der Waals surface area (Å²) >= 11 is 0. The zero-order valence-corrected chi connectivity index (χ0v) is 11.9. The van der Waals surface area contributed by atoms with E-state index in [0.717, 1.165) is 25.7 Å². The lowest BCUT2D eigenvalue weighted by molar-refractivity contribution is 0.221. The van der Waals surface area contributed by atoms with Crippen molar-refractivity contribution in [2.24, 2.45) is 5.41 Å². The molecule has 1 fully saturated rings. The third-order valence-corrected chi connectivity index (χ3v) is 4.16. The van der Waals surface area contributed by atoms with Crippen LogP contribution in [0.5, 0.6) is 5.75 Å². The molecule has 0 amide bonds. The van der Waals surface area contributed by atoms with Crippen molar-refractivity contribution in [2.45, 2.75) is 52.4 Å². The Morgan fingerprint density at radius 2 is 1.79 bits per heavy atom. The van der Waals surface area contributed by atoms with Gasteiger partial charge in [-0.2, -0.15) is 4.39 Å². The predicted molar refractivity (Wildman–Crippen MR) is 72.5 cm³/mol. The highest BCUT2D eigenvalue weighted by atomic mass is 19.2. The molecule has 1 aromatic carbocycles. The highest BCUT2D eigenvalue weighted by Crippen LogP contribution is 2.43. The van der Waals surface area contributed by atoms with Crippen LogP contribution in [0.3, 0.4) is 0 Å². The molecule has 1 aromatic rings. The second kappa shape index (κ2) is 5.48.